The van der Waals surface area contributed by atoms with Gasteiger partial charge in [-0.1, -0.05) is 60.7 Å². The Morgan fingerprint density at radius 1 is 0.852 bits per heavy atom. The summed E-state index contributed by atoms with van der Waals surface area (Å²) >= 11 is 0. The van der Waals surface area contributed by atoms with Crippen molar-refractivity contribution in [3.63, 3.8) is 0 Å². The molecule has 0 bridgehead atoms. The van der Waals surface area contributed by atoms with Crippen LogP contribution in [-0.2, 0) is 22.7 Å². The average molecular weight is 362 g/mol. The lowest BCUT2D eigenvalue weighted by Crippen LogP contribution is -2.28. The van der Waals surface area contributed by atoms with Crippen LogP contribution in [0.25, 0.3) is 0 Å². The molecule has 1 amide bonds. The molecule has 5 heteroatoms. The Morgan fingerprint density at radius 3 is 2.22 bits per heavy atom. The van der Waals surface area contributed by atoms with Crippen LogP contribution >= 0.6 is 0 Å². The maximum absolute atomic E-state index is 12.4. The zero-order valence-electron chi connectivity index (χ0n) is 15.0. The fourth-order valence-corrected chi connectivity index (χ4v) is 2.72. The van der Waals surface area contributed by atoms with Crippen molar-refractivity contribution >= 4 is 11.9 Å². The zero-order chi connectivity index (χ0) is 18.9. The number of nitrogens with one attached hydrogen (secondary N) is 1. The number of amides is 1. The van der Waals surface area contributed by atoms with Crippen LogP contribution in [-0.4, -0.2) is 23.0 Å². The Balaban J connectivity index is 1.44. The molecule has 0 aliphatic carbocycles. The standard InChI is InChI=1S/C22H22N2O3/c25-21(27-17-19-10-5-2-6-11-19)13-14-23-22(26)20-12-7-15-24(20)16-18-8-3-1-4-9-18/h1-12,15H,13-14,16-17H2,(H,23,26). The van der Waals surface area contributed by atoms with Crippen molar-refractivity contribution in [2.45, 2.75) is 19.6 Å². The van der Waals surface area contributed by atoms with E-state index >= 15 is 0 Å². The van der Waals surface area contributed by atoms with Crippen molar-refractivity contribution in [2.75, 3.05) is 6.54 Å². The SMILES string of the molecule is O=C(CCNC(=O)c1cccn1Cc1ccccc1)OCc1ccccc1. The molecule has 0 radical (unpaired) electrons. The summed E-state index contributed by atoms with van der Waals surface area (Å²) in [6.45, 7) is 1.10. The number of ether oxygens (including phenoxy) is 1. The molecular weight excluding hydrogens is 340 g/mol. The van der Waals surface area contributed by atoms with Crippen molar-refractivity contribution in [3.8, 4) is 0 Å². The fourth-order valence-electron chi connectivity index (χ4n) is 2.72. The van der Waals surface area contributed by atoms with Crippen LogP contribution in [0.5, 0.6) is 0 Å². The molecular formula is C22H22N2O3. The van der Waals surface area contributed by atoms with Gasteiger partial charge in [0.1, 0.15) is 12.3 Å². The first-order valence-corrected chi connectivity index (χ1v) is 8.89. The van der Waals surface area contributed by atoms with E-state index in [0.29, 0.717) is 12.2 Å². The van der Waals surface area contributed by atoms with Gasteiger partial charge in [0.05, 0.1) is 6.42 Å². The van der Waals surface area contributed by atoms with Gasteiger partial charge in [-0.15, -0.1) is 0 Å². The molecule has 0 atom stereocenters. The van der Waals surface area contributed by atoms with E-state index in [9.17, 15) is 9.59 Å². The maximum Gasteiger partial charge on any atom is 0.307 e. The summed E-state index contributed by atoms with van der Waals surface area (Å²) in [7, 11) is 0. The van der Waals surface area contributed by atoms with E-state index in [-0.39, 0.29) is 31.4 Å². The number of carbonyl (C=O) groups excluding carboxylic acids is 2. The largest absolute Gasteiger partial charge is 0.461 e. The summed E-state index contributed by atoms with van der Waals surface area (Å²) in [5, 5.41) is 2.78. The van der Waals surface area contributed by atoms with Gasteiger partial charge < -0.3 is 14.6 Å². The van der Waals surface area contributed by atoms with Gasteiger partial charge >= 0.3 is 5.97 Å². The summed E-state index contributed by atoms with van der Waals surface area (Å²) in [4.78, 5) is 24.2. The van der Waals surface area contributed by atoms with Gasteiger partial charge in [-0.3, -0.25) is 9.59 Å². The zero-order valence-corrected chi connectivity index (χ0v) is 15.0. The summed E-state index contributed by atoms with van der Waals surface area (Å²) < 4.78 is 7.10. The van der Waals surface area contributed by atoms with Crippen LogP contribution in [0, 0.1) is 0 Å². The highest BCUT2D eigenvalue weighted by atomic mass is 16.5. The molecule has 0 saturated heterocycles. The minimum atomic E-state index is -0.334. The molecule has 27 heavy (non-hydrogen) atoms. The van der Waals surface area contributed by atoms with Gasteiger partial charge in [0, 0.05) is 19.3 Å². The Hall–Kier alpha value is -3.34. The van der Waals surface area contributed by atoms with Crippen molar-refractivity contribution in [1.29, 1.82) is 0 Å². The maximum atomic E-state index is 12.4. The van der Waals surface area contributed by atoms with E-state index in [2.05, 4.69) is 5.32 Å². The van der Waals surface area contributed by atoms with Crippen LogP contribution in [0.15, 0.2) is 79.0 Å². The Labute approximate surface area is 158 Å². The van der Waals surface area contributed by atoms with Crippen LogP contribution in [0.2, 0.25) is 0 Å². The molecule has 3 aromatic rings. The fraction of sp³-hybridized carbons (Fsp3) is 0.182. The molecule has 0 unspecified atom stereocenters. The molecule has 0 spiro atoms. The molecule has 1 aromatic heterocycles. The summed E-state index contributed by atoms with van der Waals surface area (Å²) in [6.07, 6.45) is 2.01. The summed E-state index contributed by atoms with van der Waals surface area (Å²) in [6, 6.07) is 23.1. The van der Waals surface area contributed by atoms with E-state index in [4.69, 9.17) is 4.74 Å². The number of esters is 1. The average Bonchev–Trinajstić information content (AvgIpc) is 3.16. The van der Waals surface area contributed by atoms with Crippen molar-refractivity contribution < 1.29 is 14.3 Å². The predicted octanol–water partition coefficient (Wildman–Crippen LogP) is 3.40. The Bertz CT molecular complexity index is 873. The molecule has 1 heterocycles. The second-order valence-corrected chi connectivity index (χ2v) is 6.16. The molecule has 5 nitrogen and oxygen atoms in total. The Kier molecular flexibility index (Phi) is 6.41. The second kappa shape index (κ2) is 9.38. The predicted molar refractivity (Wildman–Crippen MR) is 103 cm³/mol. The third kappa shape index (κ3) is 5.57. The highest BCUT2D eigenvalue weighted by Crippen LogP contribution is 2.08. The highest BCUT2D eigenvalue weighted by molar-refractivity contribution is 5.93. The third-order valence-corrected chi connectivity index (χ3v) is 4.12. The van der Waals surface area contributed by atoms with E-state index in [0.717, 1.165) is 11.1 Å². The van der Waals surface area contributed by atoms with Crippen LogP contribution in [0.3, 0.4) is 0 Å². The number of hydrogen-bond acceptors (Lipinski definition) is 3. The molecule has 138 valence electrons. The van der Waals surface area contributed by atoms with Crippen molar-refractivity contribution in [3.05, 3.63) is 95.8 Å². The van der Waals surface area contributed by atoms with Crippen LogP contribution in [0.4, 0.5) is 0 Å². The highest BCUT2D eigenvalue weighted by Gasteiger charge is 2.12. The first kappa shape index (κ1) is 18.5. The number of carbonyl (C=O) groups is 2. The quantitative estimate of drug-likeness (QED) is 0.625. The first-order chi connectivity index (χ1) is 13.2. The van der Waals surface area contributed by atoms with E-state index < -0.39 is 0 Å². The van der Waals surface area contributed by atoms with Crippen molar-refractivity contribution in [1.82, 2.24) is 9.88 Å². The second-order valence-electron chi connectivity index (χ2n) is 6.16. The van der Waals surface area contributed by atoms with E-state index in [1.165, 1.54) is 0 Å². The number of benzene rings is 2. The minimum Gasteiger partial charge on any atom is -0.461 e. The summed E-state index contributed by atoms with van der Waals surface area (Å²) in [5.41, 5.74) is 2.62. The molecule has 0 fully saturated rings. The number of rotatable bonds is 8. The first-order valence-electron chi connectivity index (χ1n) is 8.89. The number of aromatic nitrogens is 1. The third-order valence-electron chi connectivity index (χ3n) is 4.12. The molecule has 0 saturated carbocycles. The van der Waals surface area contributed by atoms with Gasteiger partial charge in [0.25, 0.3) is 5.91 Å². The van der Waals surface area contributed by atoms with Gasteiger partial charge in [0.15, 0.2) is 0 Å². The van der Waals surface area contributed by atoms with Crippen molar-refractivity contribution in [2.24, 2.45) is 0 Å². The lowest BCUT2D eigenvalue weighted by molar-refractivity contribution is -0.144. The van der Waals surface area contributed by atoms with Gasteiger partial charge in [-0.2, -0.15) is 0 Å². The van der Waals surface area contributed by atoms with Gasteiger partial charge in [0.2, 0.25) is 0 Å². The smallest absolute Gasteiger partial charge is 0.307 e. The molecule has 2 aromatic carbocycles. The molecule has 1 N–H and O–H groups in total. The van der Waals surface area contributed by atoms with E-state index in [1.807, 2.05) is 77.5 Å². The Morgan fingerprint density at radius 2 is 1.52 bits per heavy atom. The van der Waals surface area contributed by atoms with Crippen LogP contribution in [0.1, 0.15) is 28.0 Å². The topological polar surface area (TPSA) is 60.3 Å². The van der Waals surface area contributed by atoms with Crippen LogP contribution < -0.4 is 5.32 Å². The number of hydrogen-bond donors (Lipinski definition) is 1. The van der Waals surface area contributed by atoms with E-state index in [1.54, 1.807) is 6.07 Å². The van der Waals surface area contributed by atoms with Gasteiger partial charge in [-0.25, -0.2) is 0 Å². The summed E-state index contributed by atoms with van der Waals surface area (Å²) in [5.74, 6) is -0.536. The lowest BCUT2D eigenvalue weighted by Gasteiger charge is -2.10. The minimum absolute atomic E-state index is 0.137. The molecule has 0 aliphatic heterocycles. The normalized spacial score (nSPS) is 10.4. The monoisotopic (exact) mass is 362 g/mol. The molecule has 0 aliphatic rings. The number of nitrogens with zero attached hydrogens (tertiary/aromatic N) is 1. The molecule has 3 rings (SSSR count). The van der Waals surface area contributed by atoms with Gasteiger partial charge in [-0.05, 0) is 23.3 Å². The lowest BCUT2D eigenvalue weighted by atomic mass is 10.2.